The molecule has 0 atom stereocenters. The Morgan fingerprint density at radius 3 is 2.76 bits per heavy atom. The number of esters is 1. The molecule has 0 bridgehead atoms. The summed E-state index contributed by atoms with van der Waals surface area (Å²) in [5.41, 5.74) is 1.32. The highest BCUT2D eigenvalue weighted by Gasteiger charge is 2.21. The molecule has 0 saturated heterocycles. The maximum Gasteiger partial charge on any atom is 0.316 e. The fourth-order valence-corrected chi connectivity index (χ4v) is 3.34. The second kappa shape index (κ2) is 10.0. The van der Waals surface area contributed by atoms with Crippen molar-refractivity contribution in [3.8, 4) is 0 Å². The lowest BCUT2D eigenvalue weighted by molar-refractivity contribution is -0.546. The fourth-order valence-electron chi connectivity index (χ4n) is 2.34. The van der Waals surface area contributed by atoms with Crippen LogP contribution in [0.15, 0.2) is 30.3 Å². The second-order valence-electron chi connectivity index (χ2n) is 4.85. The molecule has 0 radical (unpaired) electrons. The quantitative estimate of drug-likeness (QED) is 0.542. The highest BCUT2D eigenvalue weighted by Crippen LogP contribution is 2.18. The number of benzene rings is 1. The summed E-state index contributed by atoms with van der Waals surface area (Å²) in [5.74, 6) is 0.310. The van der Waals surface area contributed by atoms with Gasteiger partial charge in [-0.3, -0.25) is 4.79 Å². The summed E-state index contributed by atoms with van der Waals surface area (Å²) in [6.45, 7) is 4.33. The Morgan fingerprint density at radius 1 is 1.29 bits per heavy atom. The molecule has 0 amide bonds. The van der Waals surface area contributed by atoms with Crippen molar-refractivity contribution in [2.45, 2.75) is 32.7 Å². The average molecular weight is 372 g/mol. The van der Waals surface area contributed by atoms with Gasteiger partial charge in [-0.2, -0.15) is 0 Å². The Morgan fingerprint density at radius 2 is 2.05 bits per heavy atom. The lowest BCUT2D eigenvalue weighted by atomic mass is 10.1. The summed E-state index contributed by atoms with van der Waals surface area (Å²) in [6, 6.07) is 10.5. The van der Waals surface area contributed by atoms with Gasteiger partial charge in [-0.1, -0.05) is 42.1 Å². The molecular formula is C16H22BrNO2S. The highest BCUT2D eigenvalue weighted by molar-refractivity contribution is 8.14. The van der Waals surface area contributed by atoms with E-state index in [4.69, 9.17) is 4.74 Å². The molecule has 1 aromatic rings. The number of carbonyl (C=O) groups excluding carboxylic acids is 1. The van der Waals surface area contributed by atoms with Crippen molar-refractivity contribution in [2.75, 3.05) is 18.9 Å². The van der Waals surface area contributed by atoms with E-state index in [1.807, 2.05) is 13.0 Å². The van der Waals surface area contributed by atoms with E-state index in [-0.39, 0.29) is 23.0 Å². The predicted octanol–water partition coefficient (Wildman–Crippen LogP) is 0.0818. The maximum absolute atomic E-state index is 11.5. The van der Waals surface area contributed by atoms with Gasteiger partial charge in [0.2, 0.25) is 5.04 Å². The first-order valence-corrected chi connectivity index (χ1v) is 8.21. The number of ether oxygens (including phenoxy) is 1. The average Bonchev–Trinajstić information content (AvgIpc) is 2.48. The number of nitrogens with zero attached hydrogens (tertiary/aromatic N) is 1. The number of carbonyl (C=O) groups is 1. The molecule has 0 aliphatic carbocycles. The van der Waals surface area contributed by atoms with Crippen LogP contribution in [0.3, 0.4) is 0 Å². The molecule has 0 saturated carbocycles. The molecular weight excluding hydrogens is 350 g/mol. The molecule has 0 N–H and O–H groups in total. The summed E-state index contributed by atoms with van der Waals surface area (Å²) < 4.78 is 7.40. The van der Waals surface area contributed by atoms with Crippen LogP contribution in [0, 0.1) is 0 Å². The molecule has 0 fully saturated rings. The normalized spacial score (nSPS) is 14.5. The van der Waals surface area contributed by atoms with Gasteiger partial charge in [-0.05, 0) is 13.3 Å². The van der Waals surface area contributed by atoms with Gasteiger partial charge in [0.15, 0.2) is 6.54 Å². The van der Waals surface area contributed by atoms with E-state index in [0.29, 0.717) is 12.4 Å². The monoisotopic (exact) mass is 371 g/mol. The van der Waals surface area contributed by atoms with Crippen LogP contribution in [-0.2, 0) is 16.1 Å². The van der Waals surface area contributed by atoms with Crippen LogP contribution in [0.4, 0.5) is 0 Å². The number of thioether (sulfide) groups is 1. The van der Waals surface area contributed by atoms with Crippen molar-refractivity contribution in [1.82, 2.24) is 0 Å². The Labute approximate surface area is 141 Å². The van der Waals surface area contributed by atoms with Crippen molar-refractivity contribution >= 4 is 22.8 Å². The van der Waals surface area contributed by atoms with Crippen LogP contribution in [-0.4, -0.2) is 34.5 Å². The predicted molar refractivity (Wildman–Crippen MR) is 83.2 cm³/mol. The van der Waals surface area contributed by atoms with Gasteiger partial charge in [0.05, 0.1) is 6.61 Å². The molecule has 3 nitrogen and oxygen atoms in total. The summed E-state index contributed by atoms with van der Waals surface area (Å²) >= 11 is 1.64. The Hall–Kier alpha value is -0.810. The molecule has 1 aromatic carbocycles. The third kappa shape index (κ3) is 6.22. The maximum atomic E-state index is 11.5. The molecule has 1 aliphatic rings. The molecule has 1 aliphatic heterocycles. The van der Waals surface area contributed by atoms with E-state index in [9.17, 15) is 4.79 Å². The minimum absolute atomic E-state index is 0. The van der Waals surface area contributed by atoms with E-state index in [2.05, 4.69) is 28.8 Å². The zero-order chi connectivity index (χ0) is 14.2. The Balaban J connectivity index is 0.00000220. The number of rotatable bonds is 5. The smallest absolute Gasteiger partial charge is 0.316 e. The van der Waals surface area contributed by atoms with E-state index in [1.165, 1.54) is 23.4 Å². The largest absolute Gasteiger partial charge is 1.00 e. The lowest BCUT2D eigenvalue weighted by Crippen LogP contribution is -3.00. The van der Waals surface area contributed by atoms with Gasteiger partial charge in [0, 0.05) is 18.4 Å². The third-order valence-corrected chi connectivity index (χ3v) is 4.48. The standard InChI is InChI=1S/C16H22NO2S.BrH/c1-2-19-16(18)13-20-15-10-6-7-11-17(15)12-14-8-4-3-5-9-14;/h3-5,8-9H,2,6-7,10-13H2,1H3;1H/q+1;/p-1. The van der Waals surface area contributed by atoms with E-state index in [1.54, 1.807) is 11.8 Å². The Kier molecular flexibility index (Phi) is 8.69. The van der Waals surface area contributed by atoms with Crippen LogP contribution >= 0.6 is 11.8 Å². The summed E-state index contributed by atoms with van der Waals surface area (Å²) in [5, 5.41) is 1.33. The van der Waals surface area contributed by atoms with Crippen molar-refractivity contribution in [2.24, 2.45) is 0 Å². The van der Waals surface area contributed by atoms with E-state index < -0.39 is 0 Å². The molecule has 1 heterocycles. The molecule has 0 spiro atoms. The SMILES string of the molecule is CCOC(=O)CSC1=[N+](Cc2ccccc2)CCCC1.[Br-]. The zero-order valence-electron chi connectivity index (χ0n) is 12.4. The van der Waals surface area contributed by atoms with Gasteiger partial charge in [-0.15, -0.1) is 0 Å². The van der Waals surface area contributed by atoms with Crippen molar-refractivity contribution in [1.29, 1.82) is 0 Å². The molecule has 5 heteroatoms. The second-order valence-corrected chi connectivity index (χ2v) is 5.90. The van der Waals surface area contributed by atoms with Gasteiger partial charge in [0.25, 0.3) is 0 Å². The lowest BCUT2D eigenvalue weighted by Gasteiger charge is -2.14. The first-order valence-electron chi connectivity index (χ1n) is 7.22. The van der Waals surface area contributed by atoms with Crippen LogP contribution in [0.25, 0.3) is 0 Å². The van der Waals surface area contributed by atoms with Crippen molar-refractivity contribution < 1.29 is 31.1 Å². The number of hydrogen-bond acceptors (Lipinski definition) is 3. The summed E-state index contributed by atoms with van der Waals surface area (Å²) in [6.07, 6.45) is 3.53. The van der Waals surface area contributed by atoms with Crippen molar-refractivity contribution in [3.05, 3.63) is 35.9 Å². The van der Waals surface area contributed by atoms with E-state index in [0.717, 1.165) is 19.5 Å². The van der Waals surface area contributed by atoms with Crippen LogP contribution < -0.4 is 17.0 Å². The first-order chi connectivity index (χ1) is 9.79. The minimum Gasteiger partial charge on any atom is -1.00 e. The molecule has 116 valence electrons. The Bertz CT molecular complexity index is 476. The fraction of sp³-hybridized carbons (Fsp3) is 0.500. The van der Waals surface area contributed by atoms with Gasteiger partial charge < -0.3 is 21.7 Å². The van der Waals surface area contributed by atoms with Crippen LogP contribution in [0.5, 0.6) is 0 Å². The van der Waals surface area contributed by atoms with Gasteiger partial charge in [-0.25, -0.2) is 4.58 Å². The van der Waals surface area contributed by atoms with Crippen LogP contribution in [0.2, 0.25) is 0 Å². The summed E-state index contributed by atoms with van der Waals surface area (Å²) in [7, 11) is 0. The molecule has 2 rings (SSSR count). The van der Waals surface area contributed by atoms with Crippen molar-refractivity contribution in [3.63, 3.8) is 0 Å². The van der Waals surface area contributed by atoms with Gasteiger partial charge in [0.1, 0.15) is 12.3 Å². The molecule has 21 heavy (non-hydrogen) atoms. The van der Waals surface area contributed by atoms with Crippen LogP contribution in [0.1, 0.15) is 31.7 Å². The summed E-state index contributed by atoms with van der Waals surface area (Å²) in [4.78, 5) is 11.5. The topological polar surface area (TPSA) is 29.3 Å². The number of halogens is 1. The van der Waals surface area contributed by atoms with E-state index >= 15 is 0 Å². The number of hydrogen-bond donors (Lipinski definition) is 0. The highest BCUT2D eigenvalue weighted by atomic mass is 79.9. The molecule has 0 unspecified atom stereocenters. The first kappa shape index (κ1) is 18.2. The third-order valence-electron chi connectivity index (χ3n) is 3.30. The minimum atomic E-state index is -0.116. The van der Waals surface area contributed by atoms with Gasteiger partial charge >= 0.3 is 5.97 Å². The molecule has 0 aromatic heterocycles. The zero-order valence-corrected chi connectivity index (χ0v) is 14.8.